The third-order valence-electron chi connectivity index (χ3n) is 2.64. The standard InChI is InChI=1S/C12H8O2/c13-11-8-5-1-3-7-4-2-6-9(10(7)8)12(11)14/h1-6,13-14H. The Labute approximate surface area is 80.7 Å². The molecule has 2 aromatic carbocycles. The third kappa shape index (κ3) is 0.708. The van der Waals surface area contributed by atoms with Gasteiger partial charge in [-0.1, -0.05) is 36.4 Å². The van der Waals surface area contributed by atoms with Gasteiger partial charge in [-0.05, 0) is 5.39 Å². The number of aliphatic hydroxyl groups is 2. The molecule has 0 bridgehead atoms. The molecule has 0 fully saturated rings. The van der Waals surface area contributed by atoms with Crippen molar-refractivity contribution in [3.8, 4) is 0 Å². The second kappa shape index (κ2) is 2.29. The van der Waals surface area contributed by atoms with E-state index in [2.05, 4.69) is 0 Å². The first-order valence-electron chi connectivity index (χ1n) is 4.44. The van der Waals surface area contributed by atoms with Crippen molar-refractivity contribution in [3.05, 3.63) is 47.5 Å². The summed E-state index contributed by atoms with van der Waals surface area (Å²) in [4.78, 5) is 0. The maximum absolute atomic E-state index is 9.66. The van der Waals surface area contributed by atoms with Crippen molar-refractivity contribution in [3.63, 3.8) is 0 Å². The Balaban J connectivity index is 2.59. The Morgan fingerprint density at radius 2 is 1.21 bits per heavy atom. The summed E-state index contributed by atoms with van der Waals surface area (Å²) in [7, 11) is 0. The monoisotopic (exact) mass is 184 g/mol. The molecular formula is C12H8O2. The van der Waals surface area contributed by atoms with Gasteiger partial charge in [-0.3, -0.25) is 0 Å². The maximum Gasteiger partial charge on any atom is 0.166 e. The normalized spacial score (nSPS) is 14.0. The van der Waals surface area contributed by atoms with E-state index in [1.54, 1.807) is 0 Å². The van der Waals surface area contributed by atoms with Crippen LogP contribution in [0.4, 0.5) is 0 Å². The van der Waals surface area contributed by atoms with Gasteiger partial charge in [0, 0.05) is 16.5 Å². The van der Waals surface area contributed by atoms with Crippen molar-refractivity contribution < 1.29 is 10.2 Å². The highest BCUT2D eigenvalue weighted by Gasteiger charge is 2.22. The van der Waals surface area contributed by atoms with Gasteiger partial charge in [0.15, 0.2) is 11.5 Å². The third-order valence-corrected chi connectivity index (χ3v) is 2.64. The zero-order valence-corrected chi connectivity index (χ0v) is 7.36. The van der Waals surface area contributed by atoms with Gasteiger partial charge in [0.25, 0.3) is 0 Å². The van der Waals surface area contributed by atoms with E-state index < -0.39 is 0 Å². The van der Waals surface area contributed by atoms with Crippen LogP contribution in [0.3, 0.4) is 0 Å². The van der Waals surface area contributed by atoms with Gasteiger partial charge in [0.2, 0.25) is 0 Å². The van der Waals surface area contributed by atoms with Crippen LogP contribution in [-0.2, 0) is 0 Å². The fourth-order valence-corrected chi connectivity index (χ4v) is 1.99. The SMILES string of the molecule is OC1=C(O)c2cccc3cccc1c23. The van der Waals surface area contributed by atoms with Crippen molar-refractivity contribution in [2.75, 3.05) is 0 Å². The molecule has 0 unspecified atom stereocenters. The quantitative estimate of drug-likeness (QED) is 0.660. The molecule has 0 saturated carbocycles. The molecule has 14 heavy (non-hydrogen) atoms. The molecule has 0 spiro atoms. The zero-order valence-electron chi connectivity index (χ0n) is 7.36. The number of benzene rings is 2. The Hall–Kier alpha value is -1.96. The molecule has 68 valence electrons. The lowest BCUT2D eigenvalue weighted by Gasteiger charge is -2.00. The second-order valence-electron chi connectivity index (χ2n) is 3.41. The molecule has 2 heteroatoms. The lowest BCUT2D eigenvalue weighted by molar-refractivity contribution is 0.463. The minimum atomic E-state index is -0.0169. The Morgan fingerprint density at radius 3 is 1.71 bits per heavy atom. The fraction of sp³-hybridized carbons (Fsp3) is 0. The van der Waals surface area contributed by atoms with E-state index in [9.17, 15) is 10.2 Å². The highest BCUT2D eigenvalue weighted by molar-refractivity contribution is 6.09. The minimum Gasteiger partial charge on any atom is -0.504 e. The van der Waals surface area contributed by atoms with Crippen LogP contribution in [0.1, 0.15) is 11.1 Å². The molecule has 0 amide bonds. The van der Waals surface area contributed by atoms with E-state index in [0.717, 1.165) is 21.9 Å². The molecule has 0 radical (unpaired) electrons. The first-order chi connectivity index (χ1) is 6.79. The van der Waals surface area contributed by atoms with E-state index in [0.29, 0.717) is 0 Å². The summed E-state index contributed by atoms with van der Waals surface area (Å²) in [6, 6.07) is 11.3. The predicted octanol–water partition coefficient (Wildman–Crippen LogP) is 3.10. The molecule has 1 aliphatic carbocycles. The highest BCUT2D eigenvalue weighted by Crippen LogP contribution is 2.38. The maximum atomic E-state index is 9.66. The summed E-state index contributed by atoms with van der Waals surface area (Å²) in [6.07, 6.45) is 0. The van der Waals surface area contributed by atoms with E-state index in [4.69, 9.17) is 0 Å². The minimum absolute atomic E-state index is 0.0169. The van der Waals surface area contributed by atoms with E-state index >= 15 is 0 Å². The van der Waals surface area contributed by atoms with Crippen LogP contribution in [0.5, 0.6) is 0 Å². The molecule has 2 nitrogen and oxygen atoms in total. The summed E-state index contributed by atoms with van der Waals surface area (Å²) in [6.45, 7) is 0. The molecule has 2 aromatic rings. The first-order valence-corrected chi connectivity index (χ1v) is 4.44. The van der Waals surface area contributed by atoms with E-state index in [1.165, 1.54) is 0 Å². The van der Waals surface area contributed by atoms with Gasteiger partial charge < -0.3 is 10.2 Å². The van der Waals surface area contributed by atoms with Gasteiger partial charge >= 0.3 is 0 Å². The molecule has 0 atom stereocenters. The van der Waals surface area contributed by atoms with Gasteiger partial charge in [-0.15, -0.1) is 0 Å². The summed E-state index contributed by atoms with van der Waals surface area (Å²) >= 11 is 0. The number of hydrogen-bond donors (Lipinski definition) is 2. The van der Waals surface area contributed by atoms with Gasteiger partial charge in [-0.25, -0.2) is 0 Å². The van der Waals surface area contributed by atoms with Crippen LogP contribution < -0.4 is 0 Å². The van der Waals surface area contributed by atoms with Crippen molar-refractivity contribution in [2.24, 2.45) is 0 Å². The van der Waals surface area contributed by atoms with Crippen LogP contribution in [-0.4, -0.2) is 10.2 Å². The molecule has 1 aliphatic rings. The van der Waals surface area contributed by atoms with Crippen molar-refractivity contribution in [1.29, 1.82) is 0 Å². The molecule has 2 N–H and O–H groups in total. The summed E-state index contributed by atoms with van der Waals surface area (Å²) in [5, 5.41) is 21.3. The lowest BCUT2D eigenvalue weighted by Crippen LogP contribution is -1.79. The molecule has 3 rings (SSSR count). The number of hydrogen-bond acceptors (Lipinski definition) is 2. The highest BCUT2D eigenvalue weighted by atomic mass is 16.3. The van der Waals surface area contributed by atoms with Crippen molar-refractivity contribution in [2.45, 2.75) is 0 Å². The van der Waals surface area contributed by atoms with Crippen LogP contribution in [0.2, 0.25) is 0 Å². The van der Waals surface area contributed by atoms with Gasteiger partial charge in [0.05, 0.1) is 0 Å². The Bertz CT molecular complexity index is 521. The molecule has 0 saturated heterocycles. The topological polar surface area (TPSA) is 40.5 Å². The van der Waals surface area contributed by atoms with Crippen LogP contribution in [0, 0.1) is 0 Å². The molecular weight excluding hydrogens is 176 g/mol. The van der Waals surface area contributed by atoms with Crippen molar-refractivity contribution >= 4 is 22.3 Å². The number of aliphatic hydroxyl groups excluding tert-OH is 2. The lowest BCUT2D eigenvalue weighted by atomic mass is 10.0. The zero-order chi connectivity index (χ0) is 9.71. The van der Waals surface area contributed by atoms with Gasteiger partial charge in [0.1, 0.15) is 0 Å². The Morgan fingerprint density at radius 1 is 0.714 bits per heavy atom. The number of rotatable bonds is 0. The van der Waals surface area contributed by atoms with Gasteiger partial charge in [-0.2, -0.15) is 0 Å². The van der Waals surface area contributed by atoms with Crippen LogP contribution in [0.25, 0.3) is 22.3 Å². The predicted molar refractivity (Wildman–Crippen MR) is 56.0 cm³/mol. The second-order valence-corrected chi connectivity index (χ2v) is 3.41. The summed E-state index contributed by atoms with van der Waals surface area (Å²) in [5.74, 6) is -0.0337. The average Bonchev–Trinajstić information content (AvgIpc) is 2.47. The van der Waals surface area contributed by atoms with E-state index in [1.807, 2.05) is 36.4 Å². The smallest absolute Gasteiger partial charge is 0.166 e. The van der Waals surface area contributed by atoms with E-state index in [-0.39, 0.29) is 11.5 Å². The Kier molecular flexibility index (Phi) is 1.22. The molecule has 0 aliphatic heterocycles. The largest absolute Gasteiger partial charge is 0.504 e. The fourth-order valence-electron chi connectivity index (χ4n) is 1.99. The van der Waals surface area contributed by atoms with Crippen LogP contribution >= 0.6 is 0 Å². The molecule has 0 aromatic heterocycles. The summed E-state index contributed by atoms with van der Waals surface area (Å²) < 4.78 is 0. The van der Waals surface area contributed by atoms with Crippen molar-refractivity contribution in [1.82, 2.24) is 0 Å². The molecule has 0 heterocycles. The average molecular weight is 184 g/mol. The summed E-state index contributed by atoms with van der Waals surface area (Å²) in [5.41, 5.74) is 1.44. The first kappa shape index (κ1) is 7.44. The van der Waals surface area contributed by atoms with Crippen LogP contribution in [0.15, 0.2) is 36.4 Å².